The smallest absolute Gasteiger partial charge is 0.200 e. The lowest BCUT2D eigenvalue weighted by Gasteiger charge is -2.21. The molecule has 0 unspecified atom stereocenters. The summed E-state index contributed by atoms with van der Waals surface area (Å²) in [6, 6.07) is 41.2. The Morgan fingerprint density at radius 2 is 1.24 bits per heavy atom. The number of hydrogen-bond acceptors (Lipinski definition) is 3. The van der Waals surface area contributed by atoms with Crippen LogP contribution >= 0.6 is 0 Å². The fourth-order valence-corrected chi connectivity index (χ4v) is 6.85. The molecule has 0 aliphatic heterocycles. The second-order valence-corrected chi connectivity index (χ2v) is 12.9. The first-order chi connectivity index (χ1) is 21.9. The number of para-hydroxylation sites is 2. The summed E-state index contributed by atoms with van der Waals surface area (Å²) in [5, 5.41) is 5.57. The molecule has 0 saturated carbocycles. The van der Waals surface area contributed by atoms with Gasteiger partial charge in [-0.15, -0.1) is 0 Å². The third kappa shape index (κ3) is 3.75. The highest BCUT2D eigenvalue weighted by Crippen LogP contribution is 2.41. The van der Waals surface area contributed by atoms with Crippen LogP contribution < -0.4 is 5.43 Å². The van der Waals surface area contributed by atoms with Crippen LogP contribution in [0.5, 0.6) is 0 Å². The quantitative estimate of drug-likeness (QED) is 0.190. The number of rotatable bonds is 2. The van der Waals surface area contributed by atoms with E-state index in [2.05, 4.69) is 86.0 Å². The summed E-state index contributed by atoms with van der Waals surface area (Å²) in [4.78, 5) is 14.2. The second kappa shape index (κ2) is 9.20. The predicted molar refractivity (Wildman–Crippen MR) is 186 cm³/mol. The van der Waals surface area contributed by atoms with Crippen molar-refractivity contribution in [3.05, 3.63) is 137 Å². The van der Waals surface area contributed by atoms with Crippen molar-refractivity contribution in [3.63, 3.8) is 0 Å². The SMILES string of the molecule is CC(C)(C)c1cc(-c2ccccc2)c2oc3cc(-n4c5ccccc5c5ccc6c7ccccc7oc6c54)ccc3c(=O)c2c1. The molecule has 0 aliphatic rings. The molecule has 6 aromatic carbocycles. The molecule has 9 rings (SSSR count). The Balaban J connectivity index is 1.38. The standard InChI is InChI=1S/C41H29NO3/c1-41(2,3)25-21-32(24-11-5-4-6-12-24)39-33(22-25)38(43)31-18-17-26(23-36(31)45-39)42-34-15-9-7-13-27(34)29-19-20-30-28-14-8-10-16-35(28)44-40(30)37(29)42/h4-23H,1-3H3. The van der Waals surface area contributed by atoms with Crippen LogP contribution in [-0.2, 0) is 5.41 Å². The molecule has 216 valence electrons. The van der Waals surface area contributed by atoms with E-state index >= 15 is 0 Å². The largest absolute Gasteiger partial charge is 0.455 e. The van der Waals surface area contributed by atoms with Gasteiger partial charge in [0.15, 0.2) is 5.58 Å². The van der Waals surface area contributed by atoms with E-state index in [0.29, 0.717) is 21.9 Å². The highest BCUT2D eigenvalue weighted by atomic mass is 16.3. The monoisotopic (exact) mass is 583 g/mol. The molecule has 0 aliphatic carbocycles. The lowest BCUT2D eigenvalue weighted by atomic mass is 9.84. The summed E-state index contributed by atoms with van der Waals surface area (Å²) >= 11 is 0. The van der Waals surface area contributed by atoms with Gasteiger partial charge in [-0.3, -0.25) is 4.79 Å². The van der Waals surface area contributed by atoms with Crippen molar-refractivity contribution >= 4 is 65.7 Å². The number of aromatic nitrogens is 1. The fraction of sp³-hybridized carbons (Fsp3) is 0.0976. The van der Waals surface area contributed by atoms with Crippen molar-refractivity contribution in [2.45, 2.75) is 26.2 Å². The minimum absolute atomic E-state index is 0.0250. The summed E-state index contributed by atoms with van der Waals surface area (Å²) in [5.74, 6) is 0. The molecule has 45 heavy (non-hydrogen) atoms. The third-order valence-corrected chi connectivity index (χ3v) is 9.14. The zero-order valence-corrected chi connectivity index (χ0v) is 25.2. The molecule has 0 bridgehead atoms. The van der Waals surface area contributed by atoms with E-state index in [4.69, 9.17) is 8.83 Å². The lowest BCUT2D eigenvalue weighted by molar-refractivity contribution is 0.590. The molecular weight excluding hydrogens is 554 g/mol. The lowest BCUT2D eigenvalue weighted by Crippen LogP contribution is -2.13. The van der Waals surface area contributed by atoms with E-state index in [9.17, 15) is 4.79 Å². The molecule has 3 aromatic heterocycles. The maximum atomic E-state index is 14.2. The molecule has 0 amide bonds. The van der Waals surface area contributed by atoms with Crippen molar-refractivity contribution in [3.8, 4) is 16.8 Å². The number of nitrogens with zero attached hydrogens (tertiary/aromatic N) is 1. The average Bonchev–Trinajstić information content (AvgIpc) is 3.60. The van der Waals surface area contributed by atoms with Crippen molar-refractivity contribution < 1.29 is 8.83 Å². The van der Waals surface area contributed by atoms with E-state index in [-0.39, 0.29) is 10.8 Å². The van der Waals surface area contributed by atoms with Gasteiger partial charge in [-0.05, 0) is 59.0 Å². The maximum Gasteiger partial charge on any atom is 0.200 e. The van der Waals surface area contributed by atoms with Crippen LogP contribution in [0, 0.1) is 0 Å². The Kier molecular flexibility index (Phi) is 5.28. The minimum Gasteiger partial charge on any atom is -0.455 e. The first kappa shape index (κ1) is 25.8. The Labute approximate surface area is 258 Å². The number of fused-ring (bicyclic) bond motifs is 9. The molecule has 0 spiro atoms. The summed E-state index contributed by atoms with van der Waals surface area (Å²) in [7, 11) is 0. The van der Waals surface area contributed by atoms with Gasteiger partial charge < -0.3 is 13.4 Å². The van der Waals surface area contributed by atoms with Crippen LogP contribution in [0.1, 0.15) is 26.3 Å². The van der Waals surface area contributed by atoms with Crippen molar-refractivity contribution in [1.29, 1.82) is 0 Å². The molecule has 0 N–H and O–H groups in total. The van der Waals surface area contributed by atoms with Crippen LogP contribution in [0.15, 0.2) is 135 Å². The van der Waals surface area contributed by atoms with Gasteiger partial charge in [-0.25, -0.2) is 0 Å². The van der Waals surface area contributed by atoms with Crippen LogP contribution in [0.2, 0.25) is 0 Å². The molecule has 0 fully saturated rings. The van der Waals surface area contributed by atoms with Gasteiger partial charge >= 0.3 is 0 Å². The predicted octanol–water partition coefficient (Wildman–Crippen LogP) is 10.9. The molecule has 9 aromatic rings. The van der Waals surface area contributed by atoms with Gasteiger partial charge in [0.25, 0.3) is 0 Å². The summed E-state index contributed by atoms with van der Waals surface area (Å²) in [6.07, 6.45) is 0. The van der Waals surface area contributed by atoms with Gasteiger partial charge in [0, 0.05) is 33.2 Å². The molecule has 0 atom stereocenters. The van der Waals surface area contributed by atoms with Gasteiger partial charge in [-0.1, -0.05) is 93.6 Å². The van der Waals surface area contributed by atoms with Crippen LogP contribution in [0.3, 0.4) is 0 Å². The number of benzene rings is 6. The van der Waals surface area contributed by atoms with E-state index in [1.807, 2.05) is 60.7 Å². The van der Waals surface area contributed by atoms with Crippen molar-refractivity contribution in [2.24, 2.45) is 0 Å². The average molecular weight is 584 g/mol. The van der Waals surface area contributed by atoms with Crippen LogP contribution in [0.25, 0.3) is 82.5 Å². The molecular formula is C41H29NO3. The highest BCUT2D eigenvalue weighted by Gasteiger charge is 2.22. The Morgan fingerprint density at radius 1 is 0.556 bits per heavy atom. The zero-order valence-electron chi connectivity index (χ0n) is 25.2. The van der Waals surface area contributed by atoms with E-state index in [1.165, 1.54) is 0 Å². The summed E-state index contributed by atoms with van der Waals surface area (Å²) in [5.41, 5.74) is 8.67. The normalized spacial score (nSPS) is 12.4. The van der Waals surface area contributed by atoms with Gasteiger partial charge in [0.05, 0.1) is 27.5 Å². The minimum atomic E-state index is -0.137. The molecule has 4 heteroatoms. The summed E-state index contributed by atoms with van der Waals surface area (Å²) < 4.78 is 15.5. The van der Waals surface area contributed by atoms with Gasteiger partial charge in [0.2, 0.25) is 5.43 Å². The third-order valence-electron chi connectivity index (χ3n) is 9.14. The zero-order chi connectivity index (χ0) is 30.4. The van der Waals surface area contributed by atoms with E-state index in [1.54, 1.807) is 0 Å². The second-order valence-electron chi connectivity index (χ2n) is 12.9. The topological polar surface area (TPSA) is 48.3 Å². The first-order valence-corrected chi connectivity index (χ1v) is 15.3. The number of hydrogen-bond donors (Lipinski definition) is 0. The van der Waals surface area contributed by atoms with E-state index in [0.717, 1.165) is 66.1 Å². The molecule has 0 saturated heterocycles. The van der Waals surface area contributed by atoms with Crippen LogP contribution in [0.4, 0.5) is 0 Å². The molecule has 4 nitrogen and oxygen atoms in total. The Morgan fingerprint density at radius 3 is 2.07 bits per heavy atom. The summed E-state index contributed by atoms with van der Waals surface area (Å²) in [6.45, 7) is 6.51. The fourth-order valence-electron chi connectivity index (χ4n) is 6.85. The van der Waals surface area contributed by atoms with Crippen LogP contribution in [-0.4, -0.2) is 4.57 Å². The molecule has 3 heterocycles. The Hall–Kier alpha value is -5.61. The van der Waals surface area contributed by atoms with Gasteiger partial charge in [0.1, 0.15) is 16.7 Å². The van der Waals surface area contributed by atoms with Crippen molar-refractivity contribution in [2.75, 3.05) is 0 Å². The number of furan rings is 1. The van der Waals surface area contributed by atoms with E-state index < -0.39 is 0 Å². The first-order valence-electron chi connectivity index (χ1n) is 15.3. The molecule has 0 radical (unpaired) electrons. The Bertz CT molecular complexity index is 2700. The highest BCUT2D eigenvalue weighted by molar-refractivity contribution is 6.21. The maximum absolute atomic E-state index is 14.2. The van der Waals surface area contributed by atoms with Gasteiger partial charge in [-0.2, -0.15) is 0 Å². The van der Waals surface area contributed by atoms with Crippen molar-refractivity contribution in [1.82, 2.24) is 4.57 Å².